The van der Waals surface area contributed by atoms with E-state index in [-0.39, 0.29) is 5.97 Å². The number of carbonyl (C=O) groups is 1. The molecule has 6 nitrogen and oxygen atoms in total. The first-order valence-electron chi connectivity index (χ1n) is 6.83. The van der Waals surface area contributed by atoms with Gasteiger partial charge in [0.25, 0.3) is 0 Å². The Hall–Kier alpha value is -1.64. The summed E-state index contributed by atoms with van der Waals surface area (Å²) in [6.07, 6.45) is 3.32. The van der Waals surface area contributed by atoms with E-state index in [0.29, 0.717) is 33.8 Å². The summed E-state index contributed by atoms with van der Waals surface area (Å²) in [6.45, 7) is 5.05. The molecule has 2 N–H and O–H groups in total. The molecule has 0 radical (unpaired) electrons. The third-order valence-electron chi connectivity index (χ3n) is 3.23. The maximum absolute atomic E-state index is 11.9. The molecule has 0 bridgehead atoms. The van der Waals surface area contributed by atoms with E-state index >= 15 is 0 Å². The SMILES string of the molecule is COC(=O)c1c(NC(=S)NCCn2cc(Cl)cn2)sc(C)c1C. The first-order valence-corrected chi connectivity index (χ1v) is 8.43. The van der Waals surface area contributed by atoms with Crippen molar-refractivity contribution in [1.29, 1.82) is 0 Å². The Kier molecular flexibility index (Phi) is 5.97. The molecule has 0 aliphatic carbocycles. The van der Waals surface area contributed by atoms with Crippen molar-refractivity contribution in [3.05, 3.63) is 33.4 Å². The van der Waals surface area contributed by atoms with Crippen molar-refractivity contribution in [3.8, 4) is 0 Å². The topological polar surface area (TPSA) is 68.2 Å². The molecule has 23 heavy (non-hydrogen) atoms. The predicted octanol–water partition coefficient (Wildman–Crippen LogP) is 2.99. The van der Waals surface area contributed by atoms with Crippen LogP contribution in [0.5, 0.6) is 0 Å². The molecule has 0 aliphatic heterocycles. The van der Waals surface area contributed by atoms with E-state index in [2.05, 4.69) is 15.7 Å². The van der Waals surface area contributed by atoms with Crippen LogP contribution in [0.4, 0.5) is 5.00 Å². The van der Waals surface area contributed by atoms with Crippen LogP contribution in [0, 0.1) is 13.8 Å². The Morgan fingerprint density at radius 1 is 1.52 bits per heavy atom. The van der Waals surface area contributed by atoms with E-state index in [4.69, 9.17) is 28.6 Å². The fourth-order valence-corrected chi connectivity index (χ4v) is 3.43. The van der Waals surface area contributed by atoms with Crippen molar-refractivity contribution in [2.75, 3.05) is 19.0 Å². The van der Waals surface area contributed by atoms with Gasteiger partial charge in [-0.25, -0.2) is 4.79 Å². The number of carbonyl (C=O) groups excluding carboxylic acids is 1. The summed E-state index contributed by atoms with van der Waals surface area (Å²) in [4.78, 5) is 13.0. The molecule has 0 saturated heterocycles. The predicted molar refractivity (Wildman–Crippen MR) is 96.6 cm³/mol. The van der Waals surface area contributed by atoms with Crippen molar-refractivity contribution < 1.29 is 9.53 Å². The first-order chi connectivity index (χ1) is 10.9. The van der Waals surface area contributed by atoms with Crippen molar-refractivity contribution in [3.63, 3.8) is 0 Å². The quantitative estimate of drug-likeness (QED) is 0.621. The van der Waals surface area contributed by atoms with Gasteiger partial charge in [-0.2, -0.15) is 5.10 Å². The lowest BCUT2D eigenvalue weighted by Crippen LogP contribution is -2.31. The molecule has 0 aromatic carbocycles. The molecule has 2 aromatic rings. The van der Waals surface area contributed by atoms with Crippen LogP contribution in [0.2, 0.25) is 5.02 Å². The molecular formula is C14H17ClN4O2S2. The van der Waals surface area contributed by atoms with E-state index in [1.165, 1.54) is 18.4 Å². The maximum Gasteiger partial charge on any atom is 0.341 e. The zero-order chi connectivity index (χ0) is 17.0. The van der Waals surface area contributed by atoms with Crippen LogP contribution in [0.25, 0.3) is 0 Å². The van der Waals surface area contributed by atoms with E-state index < -0.39 is 0 Å². The summed E-state index contributed by atoms with van der Waals surface area (Å²) in [5.74, 6) is -0.372. The molecule has 0 spiro atoms. The number of halogens is 1. The lowest BCUT2D eigenvalue weighted by Gasteiger charge is -2.10. The molecule has 0 amide bonds. The molecule has 0 atom stereocenters. The molecule has 2 heterocycles. The number of anilines is 1. The number of nitrogens with zero attached hydrogens (tertiary/aromatic N) is 2. The average Bonchev–Trinajstić information content (AvgIpc) is 3.03. The summed E-state index contributed by atoms with van der Waals surface area (Å²) >= 11 is 12.5. The summed E-state index contributed by atoms with van der Waals surface area (Å²) < 4.78 is 6.55. The number of ether oxygens (including phenoxy) is 1. The number of thiophene rings is 1. The minimum Gasteiger partial charge on any atom is -0.465 e. The van der Waals surface area contributed by atoms with E-state index in [1.54, 1.807) is 17.1 Å². The standard InChI is InChI=1S/C14H17ClN4O2S2/c1-8-9(2)23-12(11(8)13(20)21-3)18-14(22)16-4-5-19-7-10(15)6-17-19/h6-7H,4-5H2,1-3H3,(H2,16,18,22). The van der Waals surface area contributed by atoms with Gasteiger partial charge in [-0.15, -0.1) is 11.3 Å². The van der Waals surface area contributed by atoms with Gasteiger partial charge in [0.1, 0.15) is 5.00 Å². The van der Waals surface area contributed by atoms with Crippen LogP contribution in [-0.2, 0) is 11.3 Å². The Bertz CT molecular complexity index is 726. The molecule has 0 unspecified atom stereocenters. The minimum absolute atomic E-state index is 0.372. The van der Waals surface area contributed by atoms with Crippen LogP contribution >= 0.6 is 35.2 Å². The van der Waals surface area contributed by atoms with Crippen LogP contribution < -0.4 is 10.6 Å². The highest BCUT2D eigenvalue weighted by molar-refractivity contribution is 7.80. The van der Waals surface area contributed by atoms with Crippen LogP contribution in [0.3, 0.4) is 0 Å². The van der Waals surface area contributed by atoms with Gasteiger partial charge in [-0.1, -0.05) is 11.6 Å². The van der Waals surface area contributed by atoms with Gasteiger partial charge in [0.2, 0.25) is 0 Å². The Morgan fingerprint density at radius 2 is 2.26 bits per heavy atom. The number of hydrogen-bond donors (Lipinski definition) is 2. The van der Waals surface area contributed by atoms with Crippen molar-refractivity contribution in [1.82, 2.24) is 15.1 Å². The van der Waals surface area contributed by atoms with Crippen LogP contribution in [0.15, 0.2) is 12.4 Å². The average molecular weight is 373 g/mol. The number of nitrogens with one attached hydrogen (secondary N) is 2. The van der Waals surface area contributed by atoms with E-state index in [0.717, 1.165) is 10.4 Å². The monoisotopic (exact) mass is 372 g/mol. The highest BCUT2D eigenvalue weighted by Gasteiger charge is 2.20. The minimum atomic E-state index is -0.372. The normalized spacial score (nSPS) is 10.4. The molecule has 2 rings (SSSR count). The van der Waals surface area contributed by atoms with E-state index in [9.17, 15) is 4.79 Å². The lowest BCUT2D eigenvalue weighted by atomic mass is 10.1. The molecule has 9 heteroatoms. The molecule has 124 valence electrons. The van der Waals surface area contributed by atoms with Crippen LogP contribution in [0.1, 0.15) is 20.8 Å². The van der Waals surface area contributed by atoms with Gasteiger partial charge in [-0.05, 0) is 31.6 Å². The number of aromatic nitrogens is 2. The Morgan fingerprint density at radius 3 is 2.87 bits per heavy atom. The lowest BCUT2D eigenvalue weighted by molar-refractivity contribution is 0.0601. The number of aryl methyl sites for hydroxylation is 1. The summed E-state index contributed by atoms with van der Waals surface area (Å²) in [6, 6.07) is 0. The number of hydrogen-bond acceptors (Lipinski definition) is 5. The summed E-state index contributed by atoms with van der Waals surface area (Å²) in [5.41, 5.74) is 1.43. The van der Waals surface area contributed by atoms with Crippen molar-refractivity contribution in [2.24, 2.45) is 0 Å². The number of methoxy groups -OCH3 is 1. The zero-order valence-electron chi connectivity index (χ0n) is 13.0. The third kappa shape index (κ3) is 4.43. The fraction of sp³-hybridized carbons (Fsp3) is 0.357. The fourth-order valence-electron chi connectivity index (χ4n) is 1.95. The number of rotatable bonds is 5. The highest BCUT2D eigenvalue weighted by atomic mass is 35.5. The van der Waals surface area contributed by atoms with Gasteiger partial charge in [-0.3, -0.25) is 4.68 Å². The molecule has 0 fully saturated rings. The van der Waals surface area contributed by atoms with Crippen molar-refractivity contribution >= 4 is 51.2 Å². The second-order valence-electron chi connectivity index (χ2n) is 4.78. The number of thiocarbonyl (C=S) groups is 1. The van der Waals surface area contributed by atoms with Crippen molar-refractivity contribution in [2.45, 2.75) is 20.4 Å². The van der Waals surface area contributed by atoms with Gasteiger partial charge < -0.3 is 15.4 Å². The molecule has 0 aliphatic rings. The van der Waals surface area contributed by atoms with E-state index in [1.807, 2.05) is 13.8 Å². The highest BCUT2D eigenvalue weighted by Crippen LogP contribution is 2.32. The summed E-state index contributed by atoms with van der Waals surface area (Å²) in [7, 11) is 1.37. The van der Waals surface area contributed by atoms with Crippen LogP contribution in [-0.4, -0.2) is 34.5 Å². The second-order valence-corrected chi connectivity index (χ2v) is 6.85. The van der Waals surface area contributed by atoms with Gasteiger partial charge >= 0.3 is 5.97 Å². The Balaban J connectivity index is 1.95. The van der Waals surface area contributed by atoms with Gasteiger partial charge in [0.15, 0.2) is 5.11 Å². The first kappa shape index (κ1) is 17.7. The zero-order valence-corrected chi connectivity index (χ0v) is 15.4. The largest absolute Gasteiger partial charge is 0.465 e. The molecule has 2 aromatic heterocycles. The molecule has 0 saturated carbocycles. The second kappa shape index (κ2) is 7.76. The van der Waals surface area contributed by atoms with Gasteiger partial charge in [0, 0.05) is 17.6 Å². The molecular weight excluding hydrogens is 356 g/mol. The third-order valence-corrected chi connectivity index (χ3v) is 4.79. The van der Waals surface area contributed by atoms with Gasteiger partial charge in [0.05, 0.1) is 30.4 Å². The smallest absolute Gasteiger partial charge is 0.341 e. The summed E-state index contributed by atoms with van der Waals surface area (Å²) in [5, 5.41) is 11.9. The Labute approximate surface area is 148 Å². The maximum atomic E-state index is 11.9. The number of esters is 1.